The number of ketones is 1. The first-order valence-electron chi connectivity index (χ1n) is 9.76. The molecule has 0 spiro atoms. The number of aryl methyl sites for hydroxylation is 1. The summed E-state index contributed by atoms with van der Waals surface area (Å²) in [4.78, 5) is 27.9. The summed E-state index contributed by atoms with van der Waals surface area (Å²) in [7, 11) is 0. The highest BCUT2D eigenvalue weighted by Gasteiger charge is 2.47. The molecule has 5 nitrogen and oxygen atoms in total. The van der Waals surface area contributed by atoms with E-state index in [2.05, 4.69) is 0 Å². The summed E-state index contributed by atoms with van der Waals surface area (Å²) in [5.74, 6) is -1.75. The van der Waals surface area contributed by atoms with Gasteiger partial charge in [0.2, 0.25) is 0 Å². The Bertz CT molecular complexity index is 1190. The van der Waals surface area contributed by atoms with Crippen LogP contribution < -0.4 is 9.64 Å². The van der Waals surface area contributed by atoms with Crippen LogP contribution in [-0.4, -0.2) is 23.4 Å². The van der Waals surface area contributed by atoms with Gasteiger partial charge in [-0.1, -0.05) is 12.1 Å². The summed E-state index contributed by atoms with van der Waals surface area (Å²) >= 11 is 1.35. The quantitative estimate of drug-likeness (QED) is 0.338. The van der Waals surface area contributed by atoms with E-state index < -0.39 is 23.5 Å². The largest absolute Gasteiger partial charge is 0.507 e. The number of amides is 1. The molecule has 31 heavy (non-hydrogen) atoms. The summed E-state index contributed by atoms with van der Waals surface area (Å²) < 4.78 is 19.4. The van der Waals surface area contributed by atoms with E-state index in [-0.39, 0.29) is 17.0 Å². The van der Waals surface area contributed by atoms with Crippen molar-refractivity contribution in [2.24, 2.45) is 0 Å². The van der Waals surface area contributed by atoms with E-state index in [1.54, 1.807) is 36.4 Å². The fraction of sp³-hybridized carbons (Fsp3) is 0.167. The highest BCUT2D eigenvalue weighted by molar-refractivity contribution is 7.10. The first-order valence-corrected chi connectivity index (χ1v) is 10.6. The van der Waals surface area contributed by atoms with Gasteiger partial charge in [-0.2, -0.15) is 0 Å². The molecule has 7 heteroatoms. The van der Waals surface area contributed by atoms with E-state index in [0.717, 1.165) is 5.56 Å². The highest BCUT2D eigenvalue weighted by atomic mass is 32.1. The lowest BCUT2D eigenvalue weighted by Gasteiger charge is -2.24. The van der Waals surface area contributed by atoms with Gasteiger partial charge in [-0.3, -0.25) is 14.5 Å². The maximum Gasteiger partial charge on any atom is 0.300 e. The Hall–Kier alpha value is -3.45. The van der Waals surface area contributed by atoms with Gasteiger partial charge in [0, 0.05) is 16.1 Å². The van der Waals surface area contributed by atoms with Crippen LogP contribution in [0.3, 0.4) is 0 Å². The minimum Gasteiger partial charge on any atom is -0.507 e. The lowest BCUT2D eigenvalue weighted by molar-refractivity contribution is -0.132. The van der Waals surface area contributed by atoms with E-state index in [9.17, 15) is 19.1 Å². The van der Waals surface area contributed by atoms with Gasteiger partial charge in [-0.05, 0) is 67.3 Å². The lowest BCUT2D eigenvalue weighted by atomic mass is 9.98. The van der Waals surface area contributed by atoms with Crippen LogP contribution in [0.1, 0.15) is 29.0 Å². The van der Waals surface area contributed by atoms with Crippen molar-refractivity contribution in [3.63, 3.8) is 0 Å². The number of Topliss-reactive ketones (excluding diaryl/α,β-unsaturated/α-hetero) is 1. The van der Waals surface area contributed by atoms with Crippen LogP contribution in [0.5, 0.6) is 5.75 Å². The van der Waals surface area contributed by atoms with Crippen LogP contribution in [0.4, 0.5) is 10.1 Å². The maximum absolute atomic E-state index is 13.9. The van der Waals surface area contributed by atoms with Crippen molar-refractivity contribution in [1.29, 1.82) is 0 Å². The van der Waals surface area contributed by atoms with Gasteiger partial charge in [0.15, 0.2) is 0 Å². The molecule has 1 aliphatic rings. The van der Waals surface area contributed by atoms with Crippen molar-refractivity contribution in [3.05, 3.63) is 87.4 Å². The number of nitrogens with zero attached hydrogens (tertiary/aromatic N) is 1. The smallest absolute Gasteiger partial charge is 0.300 e. The molecule has 0 saturated carbocycles. The number of hydrogen-bond donors (Lipinski definition) is 1. The molecule has 0 aliphatic carbocycles. The summed E-state index contributed by atoms with van der Waals surface area (Å²) in [5, 5.41) is 12.9. The summed E-state index contributed by atoms with van der Waals surface area (Å²) in [6.45, 7) is 4.22. The average Bonchev–Trinajstić information content (AvgIpc) is 3.36. The predicted octanol–water partition coefficient (Wildman–Crippen LogP) is 5.22. The van der Waals surface area contributed by atoms with Gasteiger partial charge in [-0.25, -0.2) is 4.39 Å². The van der Waals surface area contributed by atoms with Crippen LogP contribution in [0.25, 0.3) is 5.76 Å². The second-order valence-corrected chi connectivity index (χ2v) is 8.06. The fourth-order valence-electron chi connectivity index (χ4n) is 3.71. The third-order valence-corrected chi connectivity index (χ3v) is 6.02. The van der Waals surface area contributed by atoms with E-state index in [1.807, 2.05) is 19.2 Å². The molecule has 1 atom stereocenters. The number of aliphatic hydroxyl groups is 1. The zero-order valence-electron chi connectivity index (χ0n) is 17.0. The molecule has 2 aromatic carbocycles. The van der Waals surface area contributed by atoms with Crippen LogP contribution >= 0.6 is 11.3 Å². The number of hydrogen-bond acceptors (Lipinski definition) is 5. The minimum atomic E-state index is -0.853. The molecule has 158 valence electrons. The summed E-state index contributed by atoms with van der Waals surface area (Å²) in [6.07, 6.45) is 0. The molecule has 1 aliphatic heterocycles. The Kier molecular flexibility index (Phi) is 5.61. The van der Waals surface area contributed by atoms with E-state index >= 15 is 0 Å². The molecule has 1 fully saturated rings. The van der Waals surface area contributed by atoms with E-state index in [4.69, 9.17) is 4.74 Å². The van der Waals surface area contributed by atoms with Crippen molar-refractivity contribution in [2.45, 2.75) is 19.9 Å². The van der Waals surface area contributed by atoms with Crippen molar-refractivity contribution in [3.8, 4) is 5.75 Å². The number of rotatable bonds is 5. The molecule has 1 N–H and O–H groups in total. The topological polar surface area (TPSA) is 66.8 Å². The molecule has 4 rings (SSSR count). The fourth-order valence-corrected chi connectivity index (χ4v) is 4.53. The molecular formula is C24H20FNO4S. The van der Waals surface area contributed by atoms with Crippen molar-refractivity contribution in [2.75, 3.05) is 11.5 Å². The molecule has 1 unspecified atom stereocenters. The monoisotopic (exact) mass is 437 g/mol. The van der Waals surface area contributed by atoms with Crippen LogP contribution in [-0.2, 0) is 9.59 Å². The van der Waals surface area contributed by atoms with Gasteiger partial charge in [0.25, 0.3) is 11.7 Å². The van der Waals surface area contributed by atoms with Gasteiger partial charge < -0.3 is 9.84 Å². The minimum absolute atomic E-state index is 0.0275. The third kappa shape index (κ3) is 3.72. The molecule has 1 amide bonds. The highest BCUT2D eigenvalue weighted by Crippen LogP contribution is 2.43. The van der Waals surface area contributed by atoms with E-state index in [1.165, 1.54) is 34.4 Å². The first kappa shape index (κ1) is 20.8. The molecule has 1 aromatic heterocycles. The SMILES string of the molecule is CCOc1ccc(/C(O)=C2/C(=O)C(=O)N(c3cccc(F)c3)C2c2cccs2)cc1C. The zero-order chi connectivity index (χ0) is 22.1. The number of ether oxygens (including phenoxy) is 1. The number of thiophene rings is 1. The molecule has 3 aromatic rings. The molecule has 2 heterocycles. The van der Waals surface area contributed by atoms with Gasteiger partial charge >= 0.3 is 0 Å². The van der Waals surface area contributed by atoms with Crippen LogP contribution in [0, 0.1) is 12.7 Å². The Labute approximate surface area is 183 Å². The van der Waals surface area contributed by atoms with Gasteiger partial charge in [0.1, 0.15) is 23.4 Å². The average molecular weight is 437 g/mol. The normalized spacial score (nSPS) is 17.9. The van der Waals surface area contributed by atoms with Gasteiger partial charge in [0.05, 0.1) is 12.2 Å². The van der Waals surface area contributed by atoms with Gasteiger partial charge in [-0.15, -0.1) is 11.3 Å². The molecule has 1 saturated heterocycles. The number of aliphatic hydroxyl groups excluding tert-OH is 1. The van der Waals surface area contributed by atoms with E-state index in [0.29, 0.717) is 22.8 Å². The molecular weight excluding hydrogens is 417 g/mol. The third-order valence-electron chi connectivity index (χ3n) is 5.09. The first-order chi connectivity index (χ1) is 14.9. The Morgan fingerprint density at radius 1 is 1.16 bits per heavy atom. The number of benzene rings is 2. The van der Waals surface area contributed by atoms with Crippen molar-refractivity contribution >= 4 is 34.5 Å². The number of anilines is 1. The predicted molar refractivity (Wildman–Crippen MR) is 118 cm³/mol. The molecule has 0 radical (unpaired) electrons. The zero-order valence-corrected chi connectivity index (χ0v) is 17.8. The number of carbonyl (C=O) groups excluding carboxylic acids is 2. The summed E-state index contributed by atoms with van der Waals surface area (Å²) in [6, 6.07) is 13.3. The van der Waals surface area contributed by atoms with Crippen molar-refractivity contribution in [1.82, 2.24) is 0 Å². The second kappa shape index (κ2) is 8.35. The lowest BCUT2D eigenvalue weighted by Crippen LogP contribution is -2.29. The Morgan fingerprint density at radius 2 is 1.97 bits per heavy atom. The maximum atomic E-state index is 13.9. The second-order valence-electron chi connectivity index (χ2n) is 7.08. The van der Waals surface area contributed by atoms with Crippen molar-refractivity contribution < 1.29 is 23.8 Å². The number of halogens is 1. The van der Waals surface area contributed by atoms with Crippen LogP contribution in [0.2, 0.25) is 0 Å². The summed E-state index contributed by atoms with van der Waals surface area (Å²) in [5.41, 5.74) is 1.42. The van der Waals surface area contributed by atoms with Crippen LogP contribution in [0.15, 0.2) is 65.6 Å². The standard InChI is InChI=1S/C24H20FNO4S/c1-3-30-18-10-9-15(12-14(18)2)22(27)20-21(19-8-5-11-31-19)26(24(29)23(20)28)17-7-4-6-16(25)13-17/h4-13,21,27H,3H2,1-2H3/b22-20-. The Balaban J connectivity index is 1.88. The Morgan fingerprint density at radius 3 is 2.61 bits per heavy atom. The molecule has 0 bridgehead atoms. The number of carbonyl (C=O) groups is 2.